The van der Waals surface area contributed by atoms with Crippen molar-refractivity contribution in [2.24, 2.45) is 5.10 Å². The molecule has 5 heteroatoms. The lowest BCUT2D eigenvalue weighted by Gasteiger charge is -2.00. The number of nitrogens with one attached hydrogen (secondary N) is 1. The first-order valence-corrected chi connectivity index (χ1v) is 4.64. The second-order valence-corrected chi connectivity index (χ2v) is 2.73. The fraction of sp³-hybridized carbons (Fsp3) is 0.800. The molecule has 0 saturated heterocycles. The molecule has 0 unspecified atom stereocenters. The minimum absolute atomic E-state index is 0.516. The molecular formula is C5H13BN2OS. The monoisotopic (exact) mass is 160 g/mol. The molecule has 0 atom stereocenters. The maximum Gasteiger partial charge on any atom is 0.437 e. The van der Waals surface area contributed by atoms with E-state index in [4.69, 9.17) is 5.02 Å². The predicted octanol–water partition coefficient (Wildman–Crippen LogP) is 0.355. The minimum atomic E-state index is -0.516. The summed E-state index contributed by atoms with van der Waals surface area (Å²) in [6.45, 7) is 1.99. The fourth-order valence-electron chi connectivity index (χ4n) is 0.425. The van der Waals surface area contributed by atoms with Crippen LogP contribution >= 0.6 is 11.8 Å². The molecule has 0 heterocycles. The molecule has 0 saturated carbocycles. The van der Waals surface area contributed by atoms with Crippen LogP contribution in [0.15, 0.2) is 5.10 Å². The van der Waals surface area contributed by atoms with E-state index in [1.807, 2.05) is 13.2 Å². The van der Waals surface area contributed by atoms with Crippen molar-refractivity contribution in [3.8, 4) is 0 Å². The van der Waals surface area contributed by atoms with Gasteiger partial charge in [0.25, 0.3) is 0 Å². The highest BCUT2D eigenvalue weighted by atomic mass is 32.2. The van der Waals surface area contributed by atoms with E-state index in [1.54, 1.807) is 18.0 Å². The second kappa shape index (κ2) is 6.96. The van der Waals surface area contributed by atoms with Gasteiger partial charge in [-0.1, -0.05) is 6.92 Å². The second-order valence-electron chi connectivity index (χ2n) is 1.82. The zero-order valence-corrected chi connectivity index (χ0v) is 7.19. The van der Waals surface area contributed by atoms with Crippen molar-refractivity contribution in [2.45, 2.75) is 13.3 Å². The van der Waals surface area contributed by atoms with Crippen molar-refractivity contribution >= 4 is 25.0 Å². The summed E-state index contributed by atoms with van der Waals surface area (Å²) < 4.78 is 0. The van der Waals surface area contributed by atoms with Gasteiger partial charge in [-0.2, -0.15) is 11.8 Å². The van der Waals surface area contributed by atoms with Crippen LogP contribution in [0.25, 0.3) is 0 Å². The molecule has 0 aromatic carbocycles. The molecule has 0 radical (unpaired) electrons. The van der Waals surface area contributed by atoms with Crippen LogP contribution in [0.4, 0.5) is 0 Å². The largest absolute Gasteiger partial charge is 0.437 e. The van der Waals surface area contributed by atoms with Crippen LogP contribution in [0.3, 0.4) is 0 Å². The van der Waals surface area contributed by atoms with Gasteiger partial charge in [-0.3, -0.25) is 0 Å². The van der Waals surface area contributed by atoms with E-state index in [1.165, 1.54) is 0 Å². The lowest BCUT2D eigenvalue weighted by atomic mass is 9.90. The molecule has 10 heavy (non-hydrogen) atoms. The summed E-state index contributed by atoms with van der Waals surface area (Å²) in [5, 5.41) is 15.4. The topological polar surface area (TPSA) is 44.6 Å². The van der Waals surface area contributed by atoms with Gasteiger partial charge in [-0.15, -0.1) is 0 Å². The summed E-state index contributed by atoms with van der Waals surface area (Å²) in [5.41, 5.74) is 0.668. The SMILES string of the molecule is CC/C=N\NB(O)CSC. The molecule has 0 amide bonds. The van der Waals surface area contributed by atoms with Gasteiger partial charge < -0.3 is 10.4 Å². The normalized spacial score (nSPS) is 10.3. The van der Waals surface area contributed by atoms with Crippen molar-refractivity contribution in [3.05, 3.63) is 0 Å². The molecule has 0 aliphatic heterocycles. The Morgan fingerprint density at radius 2 is 2.50 bits per heavy atom. The van der Waals surface area contributed by atoms with Crippen LogP contribution in [0.5, 0.6) is 0 Å². The van der Waals surface area contributed by atoms with E-state index in [0.29, 0.717) is 5.65 Å². The Bertz CT molecular complexity index is 102. The zero-order chi connectivity index (χ0) is 7.82. The highest BCUT2D eigenvalue weighted by molar-refractivity contribution is 7.99. The minimum Gasteiger partial charge on any atom is -0.431 e. The molecule has 3 nitrogen and oxygen atoms in total. The molecule has 0 aromatic rings. The van der Waals surface area contributed by atoms with Gasteiger partial charge in [0.2, 0.25) is 0 Å². The maximum absolute atomic E-state index is 9.03. The van der Waals surface area contributed by atoms with Crippen molar-refractivity contribution in [1.29, 1.82) is 0 Å². The smallest absolute Gasteiger partial charge is 0.431 e. The molecule has 2 N–H and O–H groups in total. The van der Waals surface area contributed by atoms with Gasteiger partial charge in [0.05, 0.1) is 0 Å². The van der Waals surface area contributed by atoms with E-state index < -0.39 is 7.05 Å². The number of thioether (sulfide) groups is 1. The van der Waals surface area contributed by atoms with E-state index in [9.17, 15) is 0 Å². The van der Waals surface area contributed by atoms with Crippen LogP contribution in [0.1, 0.15) is 13.3 Å². The summed E-state index contributed by atoms with van der Waals surface area (Å²) in [5.74, 6) is 0. The van der Waals surface area contributed by atoms with Crippen LogP contribution in [0, 0.1) is 0 Å². The average Bonchev–Trinajstić information content (AvgIpc) is 1.89. The zero-order valence-electron chi connectivity index (χ0n) is 6.37. The Kier molecular flexibility index (Phi) is 6.85. The third-order valence-electron chi connectivity index (χ3n) is 0.822. The van der Waals surface area contributed by atoms with E-state index >= 15 is 0 Å². The number of hydrogen-bond acceptors (Lipinski definition) is 4. The van der Waals surface area contributed by atoms with Crippen molar-refractivity contribution < 1.29 is 5.02 Å². The summed E-state index contributed by atoms with van der Waals surface area (Å²) in [6.07, 6.45) is 4.55. The van der Waals surface area contributed by atoms with Gasteiger partial charge in [0.15, 0.2) is 0 Å². The van der Waals surface area contributed by atoms with Crippen LogP contribution in [-0.4, -0.2) is 30.2 Å². The number of nitrogens with zero attached hydrogens (tertiary/aromatic N) is 1. The van der Waals surface area contributed by atoms with Gasteiger partial charge >= 0.3 is 7.05 Å². The number of hydrogen-bond donors (Lipinski definition) is 2. The van der Waals surface area contributed by atoms with Crippen molar-refractivity contribution in [3.63, 3.8) is 0 Å². The molecule has 0 bridgehead atoms. The van der Waals surface area contributed by atoms with Crippen LogP contribution in [-0.2, 0) is 0 Å². The molecule has 58 valence electrons. The summed E-state index contributed by atoms with van der Waals surface area (Å²) in [7, 11) is -0.516. The molecule has 0 spiro atoms. The third kappa shape index (κ3) is 5.97. The first-order valence-electron chi connectivity index (χ1n) is 3.25. The summed E-state index contributed by atoms with van der Waals surface area (Å²) in [4.78, 5) is 0. The summed E-state index contributed by atoms with van der Waals surface area (Å²) >= 11 is 1.58. The highest BCUT2D eigenvalue weighted by Crippen LogP contribution is 1.89. The van der Waals surface area contributed by atoms with Crippen molar-refractivity contribution in [1.82, 2.24) is 5.34 Å². The van der Waals surface area contributed by atoms with Gasteiger partial charge in [-0.25, -0.2) is 5.10 Å². The Morgan fingerprint density at radius 3 is 3.00 bits per heavy atom. The van der Waals surface area contributed by atoms with Gasteiger partial charge in [-0.05, 0) is 12.7 Å². The van der Waals surface area contributed by atoms with Gasteiger partial charge in [0, 0.05) is 11.9 Å². The Hall–Kier alpha value is -0.155. The fourth-order valence-corrected chi connectivity index (χ4v) is 0.815. The van der Waals surface area contributed by atoms with E-state index in [-0.39, 0.29) is 0 Å². The molecule has 0 aliphatic carbocycles. The Morgan fingerprint density at radius 1 is 1.80 bits per heavy atom. The average molecular weight is 160 g/mol. The molecule has 0 aliphatic rings. The van der Waals surface area contributed by atoms with E-state index in [0.717, 1.165) is 6.42 Å². The quantitative estimate of drug-likeness (QED) is 0.346. The molecule has 0 aromatic heterocycles. The third-order valence-corrected chi connectivity index (χ3v) is 1.47. The van der Waals surface area contributed by atoms with Crippen LogP contribution < -0.4 is 5.34 Å². The first-order chi connectivity index (χ1) is 4.81. The van der Waals surface area contributed by atoms with Crippen molar-refractivity contribution in [2.75, 3.05) is 11.9 Å². The highest BCUT2D eigenvalue weighted by Gasteiger charge is 2.06. The lowest BCUT2D eigenvalue weighted by molar-refractivity contribution is 0.557. The lowest BCUT2D eigenvalue weighted by Crippen LogP contribution is -2.32. The first kappa shape index (κ1) is 9.84. The molecular weight excluding hydrogens is 147 g/mol. The Balaban J connectivity index is 3.20. The van der Waals surface area contributed by atoms with E-state index in [2.05, 4.69) is 10.4 Å². The summed E-state index contributed by atoms with van der Waals surface area (Å²) in [6, 6.07) is 0. The standard InChI is InChI=1S/C5H13BN2OS/c1-3-4-7-8-6(9)5-10-2/h4,8-9H,3,5H2,1-2H3/b7-4-. The predicted molar refractivity (Wildman–Crippen MR) is 48.3 cm³/mol. The molecule has 0 fully saturated rings. The number of rotatable bonds is 5. The van der Waals surface area contributed by atoms with Crippen LogP contribution in [0.2, 0.25) is 0 Å². The molecule has 0 rings (SSSR count). The number of hydrazone groups is 1. The Labute approximate surface area is 66.4 Å². The maximum atomic E-state index is 9.03. The van der Waals surface area contributed by atoms with Gasteiger partial charge in [0.1, 0.15) is 0 Å².